The number of rotatable bonds is 3. The molecule has 0 aliphatic heterocycles. The summed E-state index contributed by atoms with van der Waals surface area (Å²) in [5, 5.41) is 18.8. The van der Waals surface area contributed by atoms with E-state index in [1.807, 2.05) is 0 Å². The highest BCUT2D eigenvalue weighted by molar-refractivity contribution is 6.42. The minimum absolute atomic E-state index is 0.000324. The van der Waals surface area contributed by atoms with Gasteiger partial charge in [0, 0.05) is 24.3 Å². The van der Waals surface area contributed by atoms with Gasteiger partial charge in [-0.2, -0.15) is 0 Å². The fourth-order valence-corrected chi connectivity index (χ4v) is 1.47. The first-order chi connectivity index (χ1) is 6.56. The first-order valence-electron chi connectivity index (χ1n) is 4.10. The van der Waals surface area contributed by atoms with Gasteiger partial charge in [0.2, 0.25) is 0 Å². The molecule has 0 aliphatic rings. The molecular weight excluding hydrogens is 225 g/mol. The van der Waals surface area contributed by atoms with E-state index < -0.39 is 6.04 Å². The van der Waals surface area contributed by atoms with Crippen molar-refractivity contribution < 1.29 is 10.2 Å². The molecule has 1 atom stereocenters. The van der Waals surface area contributed by atoms with Crippen molar-refractivity contribution in [1.82, 2.24) is 0 Å². The molecule has 0 saturated carbocycles. The third-order valence-corrected chi connectivity index (χ3v) is 2.63. The lowest BCUT2D eigenvalue weighted by molar-refractivity contribution is 0.275. The molecule has 1 aromatic rings. The molecule has 0 unspecified atom stereocenters. The van der Waals surface area contributed by atoms with Crippen molar-refractivity contribution >= 4 is 23.2 Å². The molecule has 5 heteroatoms. The van der Waals surface area contributed by atoms with Crippen molar-refractivity contribution in [2.75, 3.05) is 6.61 Å². The van der Waals surface area contributed by atoms with Crippen LogP contribution in [-0.2, 0) is 0 Å². The topological polar surface area (TPSA) is 66.5 Å². The van der Waals surface area contributed by atoms with E-state index >= 15 is 0 Å². The maximum Gasteiger partial charge on any atom is 0.121 e. The maximum atomic E-state index is 9.51. The summed E-state index contributed by atoms with van der Waals surface area (Å²) in [7, 11) is 0. The standard InChI is InChI=1S/C9H11Cl2NO2/c10-6-3-5(8(12)1-2-13)9(14)4-7(6)11/h3-4,8,13-14H,1-2,12H2/t8-/m1/s1. The van der Waals surface area contributed by atoms with Crippen LogP contribution in [0.4, 0.5) is 0 Å². The molecule has 1 aromatic carbocycles. The van der Waals surface area contributed by atoms with Gasteiger partial charge in [0.1, 0.15) is 5.75 Å². The van der Waals surface area contributed by atoms with Crippen LogP contribution < -0.4 is 5.73 Å². The first-order valence-corrected chi connectivity index (χ1v) is 4.86. The number of hydrogen-bond acceptors (Lipinski definition) is 3. The zero-order valence-electron chi connectivity index (χ0n) is 7.37. The summed E-state index contributed by atoms with van der Waals surface area (Å²) in [6, 6.07) is 2.42. The summed E-state index contributed by atoms with van der Waals surface area (Å²) in [6.07, 6.45) is 0.367. The van der Waals surface area contributed by atoms with Gasteiger partial charge in [0.05, 0.1) is 10.0 Å². The van der Waals surface area contributed by atoms with Gasteiger partial charge >= 0.3 is 0 Å². The van der Waals surface area contributed by atoms with Gasteiger partial charge in [-0.05, 0) is 12.5 Å². The lowest BCUT2D eigenvalue weighted by atomic mass is 10.0. The van der Waals surface area contributed by atoms with E-state index in [0.29, 0.717) is 17.0 Å². The predicted molar refractivity (Wildman–Crippen MR) is 56.8 cm³/mol. The SMILES string of the molecule is N[C@H](CCO)c1cc(Cl)c(Cl)cc1O. The highest BCUT2D eigenvalue weighted by Gasteiger charge is 2.12. The molecule has 0 heterocycles. The largest absolute Gasteiger partial charge is 0.508 e. The van der Waals surface area contributed by atoms with E-state index in [1.54, 1.807) is 0 Å². The number of halogens is 2. The summed E-state index contributed by atoms with van der Waals surface area (Å²) in [4.78, 5) is 0. The third kappa shape index (κ3) is 2.51. The van der Waals surface area contributed by atoms with E-state index in [2.05, 4.69) is 0 Å². The van der Waals surface area contributed by atoms with Gasteiger partial charge in [0.25, 0.3) is 0 Å². The molecule has 0 aromatic heterocycles. The smallest absolute Gasteiger partial charge is 0.121 e. The predicted octanol–water partition coefficient (Wildman–Crippen LogP) is 2.08. The Bertz CT molecular complexity index is 331. The molecule has 0 bridgehead atoms. The van der Waals surface area contributed by atoms with Gasteiger partial charge in [-0.1, -0.05) is 23.2 Å². The van der Waals surface area contributed by atoms with E-state index in [4.69, 9.17) is 34.0 Å². The Morgan fingerprint density at radius 2 is 1.86 bits per heavy atom. The Kier molecular flexibility index (Phi) is 4.01. The molecule has 78 valence electrons. The van der Waals surface area contributed by atoms with Crippen LogP contribution in [0.15, 0.2) is 12.1 Å². The van der Waals surface area contributed by atoms with Crippen LogP contribution in [-0.4, -0.2) is 16.8 Å². The first kappa shape index (κ1) is 11.6. The van der Waals surface area contributed by atoms with E-state index in [9.17, 15) is 5.11 Å². The average Bonchev–Trinajstić information content (AvgIpc) is 2.11. The number of phenolic OH excluding ortho intramolecular Hbond substituents is 1. The number of aliphatic hydroxyl groups is 1. The average molecular weight is 236 g/mol. The second-order valence-corrected chi connectivity index (χ2v) is 3.76. The van der Waals surface area contributed by atoms with Crippen LogP contribution >= 0.6 is 23.2 Å². The summed E-state index contributed by atoms with van der Waals surface area (Å²) in [5.74, 6) is 0.000324. The van der Waals surface area contributed by atoms with Crippen molar-refractivity contribution in [1.29, 1.82) is 0 Å². The van der Waals surface area contributed by atoms with Crippen molar-refractivity contribution in [3.63, 3.8) is 0 Å². The van der Waals surface area contributed by atoms with E-state index in [0.717, 1.165) is 0 Å². The molecule has 3 nitrogen and oxygen atoms in total. The minimum Gasteiger partial charge on any atom is -0.508 e. The maximum absolute atomic E-state index is 9.51. The number of benzene rings is 1. The normalized spacial score (nSPS) is 12.9. The lowest BCUT2D eigenvalue weighted by Crippen LogP contribution is -2.12. The molecule has 14 heavy (non-hydrogen) atoms. The molecular formula is C9H11Cl2NO2. The molecule has 1 rings (SSSR count). The zero-order chi connectivity index (χ0) is 10.7. The molecule has 0 amide bonds. The number of aromatic hydroxyl groups is 1. The van der Waals surface area contributed by atoms with Gasteiger partial charge in [-0.3, -0.25) is 0 Å². The Morgan fingerprint density at radius 1 is 1.29 bits per heavy atom. The minimum atomic E-state index is -0.435. The second kappa shape index (κ2) is 4.84. The quantitative estimate of drug-likeness (QED) is 0.752. The third-order valence-electron chi connectivity index (χ3n) is 1.91. The van der Waals surface area contributed by atoms with Gasteiger partial charge in [-0.25, -0.2) is 0 Å². The fraction of sp³-hybridized carbons (Fsp3) is 0.333. The molecule has 4 N–H and O–H groups in total. The number of aliphatic hydroxyl groups excluding tert-OH is 1. The van der Waals surface area contributed by atoms with Crippen LogP contribution in [0, 0.1) is 0 Å². The Morgan fingerprint density at radius 3 is 2.43 bits per heavy atom. The summed E-state index contributed by atoms with van der Waals surface area (Å²) < 4.78 is 0. The highest BCUT2D eigenvalue weighted by Crippen LogP contribution is 2.33. The van der Waals surface area contributed by atoms with Gasteiger partial charge in [0.15, 0.2) is 0 Å². The Balaban J connectivity index is 3.02. The zero-order valence-corrected chi connectivity index (χ0v) is 8.89. The highest BCUT2D eigenvalue weighted by atomic mass is 35.5. The monoisotopic (exact) mass is 235 g/mol. The second-order valence-electron chi connectivity index (χ2n) is 2.94. The summed E-state index contributed by atoms with van der Waals surface area (Å²) >= 11 is 11.5. The molecule has 0 aliphatic carbocycles. The molecule has 0 saturated heterocycles. The van der Waals surface area contributed by atoms with Crippen molar-refractivity contribution in [3.05, 3.63) is 27.7 Å². The van der Waals surface area contributed by atoms with Crippen LogP contribution in [0.5, 0.6) is 5.75 Å². The molecule has 0 spiro atoms. The van der Waals surface area contributed by atoms with E-state index in [1.165, 1.54) is 12.1 Å². The lowest BCUT2D eigenvalue weighted by Gasteiger charge is -2.13. The van der Waals surface area contributed by atoms with Crippen LogP contribution in [0.25, 0.3) is 0 Å². The number of phenols is 1. The summed E-state index contributed by atoms with van der Waals surface area (Å²) in [5.41, 5.74) is 6.20. The molecule has 0 radical (unpaired) electrons. The van der Waals surface area contributed by atoms with Crippen molar-refractivity contribution in [2.45, 2.75) is 12.5 Å². The van der Waals surface area contributed by atoms with Gasteiger partial charge in [-0.15, -0.1) is 0 Å². The van der Waals surface area contributed by atoms with Crippen LogP contribution in [0.1, 0.15) is 18.0 Å². The van der Waals surface area contributed by atoms with Crippen LogP contribution in [0.3, 0.4) is 0 Å². The molecule has 0 fully saturated rings. The Labute approximate surface area is 92.1 Å². The Hall–Kier alpha value is -0.480. The van der Waals surface area contributed by atoms with Gasteiger partial charge < -0.3 is 15.9 Å². The van der Waals surface area contributed by atoms with Crippen LogP contribution in [0.2, 0.25) is 10.0 Å². The van der Waals surface area contributed by atoms with Crippen molar-refractivity contribution in [2.24, 2.45) is 5.73 Å². The summed E-state index contributed by atoms with van der Waals surface area (Å²) in [6.45, 7) is -0.0408. The van der Waals surface area contributed by atoms with E-state index in [-0.39, 0.29) is 17.4 Å². The van der Waals surface area contributed by atoms with Crippen molar-refractivity contribution in [3.8, 4) is 5.75 Å². The fourth-order valence-electron chi connectivity index (χ4n) is 1.14. The number of hydrogen-bond donors (Lipinski definition) is 3. The number of nitrogens with two attached hydrogens (primary N) is 1.